The number of amides is 1. The summed E-state index contributed by atoms with van der Waals surface area (Å²) >= 11 is 0. The van der Waals surface area contributed by atoms with Gasteiger partial charge in [-0.2, -0.15) is 0 Å². The molecule has 1 aromatic heterocycles. The predicted molar refractivity (Wildman–Crippen MR) is 116 cm³/mol. The van der Waals surface area contributed by atoms with Gasteiger partial charge in [-0.1, -0.05) is 29.8 Å². The lowest BCUT2D eigenvalue weighted by molar-refractivity contribution is 0.0939. The minimum absolute atomic E-state index is 0.0898. The van der Waals surface area contributed by atoms with Crippen molar-refractivity contribution in [2.75, 3.05) is 19.6 Å². The van der Waals surface area contributed by atoms with E-state index in [-0.39, 0.29) is 17.5 Å². The van der Waals surface area contributed by atoms with E-state index in [0.29, 0.717) is 17.6 Å². The van der Waals surface area contributed by atoms with Gasteiger partial charge in [0.1, 0.15) is 11.3 Å². The fourth-order valence-electron chi connectivity index (χ4n) is 4.06. The number of fused-ring (bicyclic) bond motifs is 1. The second-order valence-corrected chi connectivity index (χ2v) is 8.10. The summed E-state index contributed by atoms with van der Waals surface area (Å²) in [6.07, 6.45) is 2.33. The third kappa shape index (κ3) is 4.19. The Balaban J connectivity index is 1.60. The van der Waals surface area contributed by atoms with Crippen LogP contribution in [0.1, 0.15) is 51.8 Å². The smallest absolute Gasteiger partial charge is 0.253 e. The standard InChI is InChI=1S/C24H27FN4O/c1-15-6-8-18(9-7-15)22(29-10-4-5-11-29)14-26-24(30)20-12-19(25)13-21-23(20)28-17(3)16(2)27-21/h6-9,12-13,22H,4-5,10-11,14H2,1-3H3,(H,26,30). The van der Waals surface area contributed by atoms with Gasteiger partial charge < -0.3 is 5.32 Å². The van der Waals surface area contributed by atoms with Gasteiger partial charge in [0.05, 0.1) is 28.5 Å². The molecule has 1 aliphatic heterocycles. The van der Waals surface area contributed by atoms with Crippen molar-refractivity contribution < 1.29 is 9.18 Å². The summed E-state index contributed by atoms with van der Waals surface area (Å²) in [4.78, 5) is 24.4. The van der Waals surface area contributed by atoms with Crippen molar-refractivity contribution in [3.8, 4) is 0 Å². The molecule has 2 aromatic carbocycles. The zero-order valence-corrected chi connectivity index (χ0v) is 17.7. The minimum atomic E-state index is -0.486. The molecule has 5 nitrogen and oxygen atoms in total. The Kier molecular flexibility index (Phi) is 5.77. The van der Waals surface area contributed by atoms with Crippen LogP contribution in [0.3, 0.4) is 0 Å². The average Bonchev–Trinajstić information content (AvgIpc) is 3.24. The van der Waals surface area contributed by atoms with E-state index in [2.05, 4.69) is 51.4 Å². The fraction of sp³-hybridized carbons (Fsp3) is 0.375. The van der Waals surface area contributed by atoms with Gasteiger partial charge in [0.25, 0.3) is 5.91 Å². The van der Waals surface area contributed by atoms with Crippen LogP contribution >= 0.6 is 0 Å². The van der Waals surface area contributed by atoms with E-state index in [9.17, 15) is 9.18 Å². The quantitative estimate of drug-likeness (QED) is 0.688. The van der Waals surface area contributed by atoms with Crippen molar-refractivity contribution in [2.24, 2.45) is 0 Å². The van der Waals surface area contributed by atoms with Crippen LogP contribution in [0, 0.1) is 26.6 Å². The van der Waals surface area contributed by atoms with E-state index in [0.717, 1.165) is 24.5 Å². The van der Waals surface area contributed by atoms with E-state index in [4.69, 9.17) is 0 Å². The molecule has 1 unspecified atom stereocenters. The topological polar surface area (TPSA) is 58.1 Å². The highest BCUT2D eigenvalue weighted by molar-refractivity contribution is 6.04. The van der Waals surface area contributed by atoms with E-state index < -0.39 is 5.82 Å². The van der Waals surface area contributed by atoms with Gasteiger partial charge in [-0.25, -0.2) is 14.4 Å². The van der Waals surface area contributed by atoms with E-state index >= 15 is 0 Å². The predicted octanol–water partition coefficient (Wildman–Crippen LogP) is 4.26. The molecule has 1 fully saturated rings. The number of likely N-dealkylation sites (tertiary alicyclic amines) is 1. The number of carbonyl (C=O) groups excluding carboxylic acids is 1. The summed E-state index contributed by atoms with van der Waals surface area (Å²) in [6, 6.07) is 11.1. The highest BCUT2D eigenvalue weighted by atomic mass is 19.1. The van der Waals surface area contributed by atoms with Gasteiger partial charge in [-0.05, 0) is 58.3 Å². The molecule has 0 bridgehead atoms. The zero-order valence-electron chi connectivity index (χ0n) is 17.7. The van der Waals surface area contributed by atoms with Gasteiger partial charge in [0.15, 0.2) is 0 Å². The number of aromatic nitrogens is 2. The Morgan fingerprint density at radius 1 is 1.07 bits per heavy atom. The third-order valence-electron chi connectivity index (χ3n) is 5.89. The number of aryl methyl sites for hydroxylation is 3. The number of carbonyl (C=O) groups is 1. The Hall–Kier alpha value is -2.86. The lowest BCUT2D eigenvalue weighted by atomic mass is 10.0. The minimum Gasteiger partial charge on any atom is -0.350 e. The molecule has 156 valence electrons. The number of hydrogen-bond acceptors (Lipinski definition) is 4. The van der Waals surface area contributed by atoms with E-state index in [1.165, 1.54) is 36.1 Å². The van der Waals surface area contributed by atoms with Gasteiger partial charge in [0, 0.05) is 12.6 Å². The van der Waals surface area contributed by atoms with Gasteiger partial charge in [-0.15, -0.1) is 0 Å². The molecule has 3 aromatic rings. The SMILES string of the molecule is Cc1ccc(C(CNC(=O)c2cc(F)cc3nc(C)c(C)nc23)N2CCCC2)cc1. The first-order valence-corrected chi connectivity index (χ1v) is 10.5. The number of nitrogens with zero attached hydrogens (tertiary/aromatic N) is 3. The van der Waals surface area contributed by atoms with E-state index in [1.807, 2.05) is 13.8 Å². The summed E-state index contributed by atoms with van der Waals surface area (Å²) in [5, 5.41) is 3.03. The van der Waals surface area contributed by atoms with Crippen LogP contribution < -0.4 is 5.32 Å². The number of nitrogens with one attached hydrogen (secondary N) is 1. The molecule has 0 saturated carbocycles. The first-order chi connectivity index (χ1) is 14.4. The Morgan fingerprint density at radius 2 is 1.73 bits per heavy atom. The largest absolute Gasteiger partial charge is 0.350 e. The summed E-state index contributed by atoms with van der Waals surface area (Å²) in [7, 11) is 0. The molecule has 0 aliphatic carbocycles. The Labute approximate surface area is 176 Å². The van der Waals surface area contributed by atoms with Gasteiger partial charge in [0.2, 0.25) is 0 Å². The molecule has 1 saturated heterocycles. The van der Waals surface area contributed by atoms with Gasteiger partial charge in [-0.3, -0.25) is 9.69 Å². The normalized spacial score (nSPS) is 15.5. The van der Waals surface area contributed by atoms with Crippen LogP contribution in [-0.4, -0.2) is 40.4 Å². The van der Waals surface area contributed by atoms with Crippen LogP contribution in [0.15, 0.2) is 36.4 Å². The molecule has 2 heterocycles. The second kappa shape index (κ2) is 8.48. The molecule has 0 radical (unpaired) electrons. The van der Waals surface area contributed by atoms with Crippen LogP contribution in [0.25, 0.3) is 11.0 Å². The highest BCUT2D eigenvalue weighted by Crippen LogP contribution is 2.25. The monoisotopic (exact) mass is 406 g/mol. The maximum atomic E-state index is 14.2. The highest BCUT2D eigenvalue weighted by Gasteiger charge is 2.25. The first-order valence-electron chi connectivity index (χ1n) is 10.5. The molecule has 30 heavy (non-hydrogen) atoms. The summed E-state index contributed by atoms with van der Waals surface area (Å²) in [6.45, 7) is 8.22. The first kappa shape index (κ1) is 20.4. The third-order valence-corrected chi connectivity index (χ3v) is 5.89. The van der Waals surface area contributed by atoms with E-state index in [1.54, 1.807) is 0 Å². The van der Waals surface area contributed by atoms with Gasteiger partial charge >= 0.3 is 0 Å². The molecular formula is C24H27FN4O. The number of halogens is 1. The van der Waals surface area contributed by atoms with Crippen LogP contribution in [0.2, 0.25) is 0 Å². The number of hydrogen-bond donors (Lipinski definition) is 1. The molecule has 1 amide bonds. The summed E-state index contributed by atoms with van der Waals surface area (Å²) < 4.78 is 14.2. The average molecular weight is 407 g/mol. The van der Waals surface area contributed by atoms with Crippen molar-refractivity contribution in [1.82, 2.24) is 20.2 Å². The molecule has 4 rings (SSSR count). The maximum absolute atomic E-state index is 14.2. The lowest BCUT2D eigenvalue weighted by Crippen LogP contribution is -2.37. The molecule has 1 atom stereocenters. The summed E-state index contributed by atoms with van der Waals surface area (Å²) in [5.41, 5.74) is 4.91. The second-order valence-electron chi connectivity index (χ2n) is 8.10. The lowest BCUT2D eigenvalue weighted by Gasteiger charge is -2.28. The maximum Gasteiger partial charge on any atom is 0.253 e. The fourth-order valence-corrected chi connectivity index (χ4v) is 4.06. The molecule has 1 N–H and O–H groups in total. The Morgan fingerprint density at radius 3 is 2.43 bits per heavy atom. The Bertz CT molecular complexity index is 1070. The van der Waals surface area contributed by atoms with Crippen molar-refractivity contribution in [3.05, 3.63) is 70.3 Å². The van der Waals surface area contributed by atoms with Crippen molar-refractivity contribution >= 4 is 16.9 Å². The van der Waals surface area contributed by atoms with Crippen LogP contribution in [-0.2, 0) is 0 Å². The van der Waals surface area contributed by atoms with Crippen molar-refractivity contribution in [2.45, 2.75) is 39.7 Å². The molecule has 0 spiro atoms. The number of benzene rings is 2. The zero-order chi connectivity index (χ0) is 21.3. The molecule has 1 aliphatic rings. The molecular weight excluding hydrogens is 379 g/mol. The van der Waals surface area contributed by atoms with Crippen LogP contribution in [0.5, 0.6) is 0 Å². The number of rotatable bonds is 5. The summed E-state index contributed by atoms with van der Waals surface area (Å²) in [5.74, 6) is -0.812. The van der Waals surface area contributed by atoms with Crippen molar-refractivity contribution in [1.29, 1.82) is 0 Å². The molecule has 6 heteroatoms. The van der Waals surface area contributed by atoms with Crippen LogP contribution in [0.4, 0.5) is 4.39 Å². The van der Waals surface area contributed by atoms with Crippen molar-refractivity contribution in [3.63, 3.8) is 0 Å².